The average molecular weight is 326 g/mol. The number of hydrogen-bond acceptors (Lipinski definition) is 2. The minimum absolute atomic E-state index is 0.354. The molecule has 0 bridgehead atoms. The first-order valence-electron chi connectivity index (χ1n) is 7.38. The van der Waals surface area contributed by atoms with Gasteiger partial charge in [-0.3, -0.25) is 0 Å². The Hall–Kier alpha value is -0.380. The van der Waals surface area contributed by atoms with Crippen molar-refractivity contribution in [2.24, 2.45) is 0 Å². The van der Waals surface area contributed by atoms with Crippen molar-refractivity contribution in [2.75, 3.05) is 13.1 Å². The van der Waals surface area contributed by atoms with E-state index in [4.69, 9.17) is 0 Å². The van der Waals surface area contributed by atoms with E-state index in [0.717, 1.165) is 35.6 Å². The highest BCUT2D eigenvalue weighted by Gasteiger charge is 2.21. The van der Waals surface area contributed by atoms with Crippen LogP contribution < -0.4 is 0 Å². The summed E-state index contributed by atoms with van der Waals surface area (Å²) in [5, 5.41) is 10.3. The van der Waals surface area contributed by atoms with Crippen molar-refractivity contribution >= 4 is 15.9 Å². The SMILES string of the molecule is CCN(CCC(O)c1cccc(Br)c1)C1CCCC1. The maximum absolute atomic E-state index is 10.3. The van der Waals surface area contributed by atoms with Crippen molar-refractivity contribution in [3.05, 3.63) is 34.3 Å². The van der Waals surface area contributed by atoms with Gasteiger partial charge in [-0.15, -0.1) is 0 Å². The zero-order chi connectivity index (χ0) is 13.7. The zero-order valence-corrected chi connectivity index (χ0v) is 13.3. The zero-order valence-electron chi connectivity index (χ0n) is 11.7. The summed E-state index contributed by atoms with van der Waals surface area (Å²) in [6, 6.07) is 8.74. The Balaban J connectivity index is 1.86. The van der Waals surface area contributed by atoms with E-state index < -0.39 is 0 Å². The minimum Gasteiger partial charge on any atom is -0.388 e. The number of aliphatic hydroxyl groups excluding tert-OH is 1. The standard InChI is InChI=1S/C16H24BrNO/c1-2-18(15-8-3-4-9-15)11-10-16(19)13-6-5-7-14(17)12-13/h5-7,12,15-16,19H,2-4,8-11H2,1H3. The summed E-state index contributed by atoms with van der Waals surface area (Å²) >= 11 is 3.46. The molecule has 1 fully saturated rings. The van der Waals surface area contributed by atoms with Gasteiger partial charge in [0.1, 0.15) is 0 Å². The molecule has 0 amide bonds. The van der Waals surface area contributed by atoms with Gasteiger partial charge in [0.2, 0.25) is 0 Å². The quantitative estimate of drug-likeness (QED) is 0.849. The predicted molar refractivity (Wildman–Crippen MR) is 83.2 cm³/mol. The summed E-state index contributed by atoms with van der Waals surface area (Å²) in [5.74, 6) is 0. The van der Waals surface area contributed by atoms with E-state index in [1.54, 1.807) is 0 Å². The molecule has 1 N–H and O–H groups in total. The molecule has 19 heavy (non-hydrogen) atoms. The molecule has 0 radical (unpaired) electrons. The highest BCUT2D eigenvalue weighted by molar-refractivity contribution is 9.10. The molecule has 0 saturated heterocycles. The van der Waals surface area contributed by atoms with Crippen molar-refractivity contribution in [3.63, 3.8) is 0 Å². The van der Waals surface area contributed by atoms with E-state index in [-0.39, 0.29) is 6.10 Å². The van der Waals surface area contributed by atoms with Gasteiger partial charge in [0.05, 0.1) is 6.10 Å². The first-order valence-corrected chi connectivity index (χ1v) is 8.17. The Kier molecular flexibility index (Phi) is 5.86. The molecule has 1 atom stereocenters. The van der Waals surface area contributed by atoms with E-state index in [9.17, 15) is 5.11 Å². The number of rotatable bonds is 6. The third kappa shape index (κ3) is 4.30. The molecule has 1 aliphatic rings. The largest absolute Gasteiger partial charge is 0.388 e. The summed E-state index contributed by atoms with van der Waals surface area (Å²) in [6.45, 7) is 4.31. The van der Waals surface area contributed by atoms with Gasteiger partial charge >= 0.3 is 0 Å². The van der Waals surface area contributed by atoms with Crippen LogP contribution in [0.1, 0.15) is 50.7 Å². The molecule has 0 aliphatic heterocycles. The third-order valence-electron chi connectivity index (χ3n) is 4.17. The Morgan fingerprint density at radius 1 is 1.37 bits per heavy atom. The fourth-order valence-electron chi connectivity index (χ4n) is 3.04. The van der Waals surface area contributed by atoms with E-state index in [0.29, 0.717) is 0 Å². The predicted octanol–water partition coefficient (Wildman–Crippen LogP) is 4.14. The van der Waals surface area contributed by atoms with Crippen LogP contribution in [0.2, 0.25) is 0 Å². The molecule has 106 valence electrons. The van der Waals surface area contributed by atoms with Crippen LogP contribution in [0.15, 0.2) is 28.7 Å². The Morgan fingerprint density at radius 3 is 2.74 bits per heavy atom. The van der Waals surface area contributed by atoms with Crippen molar-refractivity contribution in [2.45, 2.75) is 51.2 Å². The summed E-state index contributed by atoms with van der Waals surface area (Å²) in [6.07, 6.45) is 5.88. The van der Waals surface area contributed by atoms with Gasteiger partial charge in [0, 0.05) is 17.1 Å². The van der Waals surface area contributed by atoms with Gasteiger partial charge in [-0.25, -0.2) is 0 Å². The smallest absolute Gasteiger partial charge is 0.0802 e. The molecule has 1 unspecified atom stereocenters. The molecule has 2 rings (SSSR count). The lowest BCUT2D eigenvalue weighted by Gasteiger charge is -2.28. The normalized spacial score (nSPS) is 18.1. The van der Waals surface area contributed by atoms with Gasteiger partial charge < -0.3 is 10.0 Å². The minimum atomic E-state index is -0.354. The van der Waals surface area contributed by atoms with Crippen LogP contribution in [0.3, 0.4) is 0 Å². The van der Waals surface area contributed by atoms with Gasteiger partial charge in [0.15, 0.2) is 0 Å². The summed E-state index contributed by atoms with van der Waals surface area (Å²) in [7, 11) is 0. The van der Waals surface area contributed by atoms with Crippen molar-refractivity contribution in [1.29, 1.82) is 0 Å². The van der Waals surface area contributed by atoms with E-state index in [1.807, 2.05) is 24.3 Å². The van der Waals surface area contributed by atoms with Crippen molar-refractivity contribution in [1.82, 2.24) is 4.90 Å². The molecule has 1 aromatic rings. The van der Waals surface area contributed by atoms with Crippen LogP contribution >= 0.6 is 15.9 Å². The lowest BCUT2D eigenvalue weighted by atomic mass is 10.1. The Labute approximate surface area is 124 Å². The third-order valence-corrected chi connectivity index (χ3v) is 4.66. The summed E-state index contributed by atoms with van der Waals surface area (Å²) < 4.78 is 1.03. The van der Waals surface area contributed by atoms with Crippen LogP contribution in [-0.4, -0.2) is 29.1 Å². The van der Waals surface area contributed by atoms with E-state index in [1.165, 1.54) is 25.7 Å². The molecule has 0 aromatic heterocycles. The topological polar surface area (TPSA) is 23.5 Å². The fraction of sp³-hybridized carbons (Fsp3) is 0.625. The number of hydrogen-bond donors (Lipinski definition) is 1. The van der Waals surface area contributed by atoms with Gasteiger partial charge in [0.25, 0.3) is 0 Å². The average Bonchev–Trinajstić information content (AvgIpc) is 2.93. The lowest BCUT2D eigenvalue weighted by Crippen LogP contribution is -2.34. The fourth-order valence-corrected chi connectivity index (χ4v) is 3.45. The van der Waals surface area contributed by atoms with Crippen molar-refractivity contribution in [3.8, 4) is 0 Å². The number of benzene rings is 1. The highest BCUT2D eigenvalue weighted by atomic mass is 79.9. The maximum atomic E-state index is 10.3. The highest BCUT2D eigenvalue weighted by Crippen LogP contribution is 2.25. The van der Waals surface area contributed by atoms with Gasteiger partial charge in [-0.2, -0.15) is 0 Å². The monoisotopic (exact) mass is 325 g/mol. The summed E-state index contributed by atoms with van der Waals surface area (Å²) in [4.78, 5) is 2.54. The second-order valence-corrected chi connectivity index (χ2v) is 6.34. The molecule has 0 spiro atoms. The molecule has 2 nitrogen and oxygen atoms in total. The second kappa shape index (κ2) is 7.41. The first kappa shape index (κ1) is 15.0. The van der Waals surface area contributed by atoms with Crippen molar-refractivity contribution < 1.29 is 5.11 Å². The van der Waals surface area contributed by atoms with Gasteiger partial charge in [-0.1, -0.05) is 47.8 Å². The van der Waals surface area contributed by atoms with Crippen LogP contribution in [0.25, 0.3) is 0 Å². The molecular weight excluding hydrogens is 302 g/mol. The van der Waals surface area contributed by atoms with Crippen LogP contribution in [0.5, 0.6) is 0 Å². The molecular formula is C16H24BrNO. The van der Waals surface area contributed by atoms with Crippen LogP contribution in [0, 0.1) is 0 Å². The molecule has 1 saturated carbocycles. The first-order chi connectivity index (χ1) is 9.20. The number of aliphatic hydroxyl groups is 1. The molecule has 0 heterocycles. The number of halogens is 1. The second-order valence-electron chi connectivity index (χ2n) is 5.43. The number of nitrogens with zero attached hydrogens (tertiary/aromatic N) is 1. The molecule has 3 heteroatoms. The van der Waals surface area contributed by atoms with Crippen LogP contribution in [0.4, 0.5) is 0 Å². The Bertz CT molecular complexity index is 390. The summed E-state index contributed by atoms with van der Waals surface area (Å²) in [5.41, 5.74) is 1.01. The molecule has 1 aliphatic carbocycles. The van der Waals surface area contributed by atoms with Gasteiger partial charge in [-0.05, 0) is 43.5 Å². The Morgan fingerprint density at radius 2 is 2.11 bits per heavy atom. The molecule has 1 aromatic carbocycles. The van der Waals surface area contributed by atoms with Crippen LogP contribution in [-0.2, 0) is 0 Å². The maximum Gasteiger partial charge on any atom is 0.0802 e. The van der Waals surface area contributed by atoms with E-state index >= 15 is 0 Å². The lowest BCUT2D eigenvalue weighted by molar-refractivity contribution is 0.127. The van der Waals surface area contributed by atoms with E-state index in [2.05, 4.69) is 27.8 Å².